The van der Waals surface area contributed by atoms with Crippen LogP contribution >= 0.6 is 0 Å². The summed E-state index contributed by atoms with van der Waals surface area (Å²) in [5, 5.41) is 10.2. The summed E-state index contributed by atoms with van der Waals surface area (Å²) in [5.74, 6) is -0.0841. The summed E-state index contributed by atoms with van der Waals surface area (Å²) in [6, 6.07) is 19.7. The number of nitrogens with one attached hydrogen (secondary N) is 2. The maximum atomic E-state index is 11.1. The quantitative estimate of drug-likeness (QED) is 0.767. The van der Waals surface area contributed by atoms with Gasteiger partial charge in [0.1, 0.15) is 0 Å². The molecule has 2 N–H and O–H groups in total. The van der Waals surface area contributed by atoms with Gasteiger partial charge in [-0.1, -0.05) is 42.5 Å². The second-order valence-electron chi connectivity index (χ2n) is 4.79. The Kier molecular flexibility index (Phi) is 3.51. The zero-order chi connectivity index (χ0) is 14.7. The van der Waals surface area contributed by atoms with Gasteiger partial charge in [-0.2, -0.15) is 5.10 Å². The highest BCUT2D eigenvalue weighted by Gasteiger charge is 2.06. The molecular formula is C17H15N3O. The van der Waals surface area contributed by atoms with Crippen LogP contribution in [0, 0.1) is 0 Å². The van der Waals surface area contributed by atoms with Gasteiger partial charge in [-0.25, -0.2) is 0 Å². The van der Waals surface area contributed by atoms with Crippen molar-refractivity contribution in [3.05, 3.63) is 60.7 Å². The first kappa shape index (κ1) is 13.1. The first-order valence-electron chi connectivity index (χ1n) is 6.71. The average molecular weight is 277 g/mol. The lowest BCUT2D eigenvalue weighted by molar-refractivity contribution is -0.114. The Hall–Kier alpha value is -2.88. The minimum absolute atomic E-state index is 0.0841. The SMILES string of the molecule is CC(=O)Nc1cccc(-c2cc(-c3ccccc3)[nH]n2)c1. The molecule has 4 heteroatoms. The van der Waals surface area contributed by atoms with E-state index in [9.17, 15) is 4.79 Å². The van der Waals surface area contributed by atoms with Crippen LogP contribution in [0.3, 0.4) is 0 Å². The zero-order valence-electron chi connectivity index (χ0n) is 11.6. The van der Waals surface area contributed by atoms with Crippen LogP contribution in [0.25, 0.3) is 22.5 Å². The molecule has 1 aromatic heterocycles. The van der Waals surface area contributed by atoms with E-state index in [0.29, 0.717) is 0 Å². The lowest BCUT2D eigenvalue weighted by atomic mass is 10.1. The van der Waals surface area contributed by atoms with Gasteiger partial charge >= 0.3 is 0 Å². The van der Waals surface area contributed by atoms with E-state index < -0.39 is 0 Å². The fourth-order valence-electron chi connectivity index (χ4n) is 2.19. The van der Waals surface area contributed by atoms with Crippen LogP contribution in [0.15, 0.2) is 60.7 Å². The van der Waals surface area contributed by atoms with Gasteiger partial charge in [0.2, 0.25) is 5.91 Å². The molecule has 4 nitrogen and oxygen atoms in total. The third kappa shape index (κ3) is 3.00. The number of rotatable bonds is 3. The molecule has 0 saturated heterocycles. The molecule has 2 aromatic carbocycles. The highest BCUT2D eigenvalue weighted by Crippen LogP contribution is 2.25. The van der Waals surface area contributed by atoms with Crippen LogP contribution in [0.2, 0.25) is 0 Å². The molecule has 0 aliphatic heterocycles. The molecule has 0 bridgehead atoms. The van der Waals surface area contributed by atoms with Crippen molar-refractivity contribution in [1.29, 1.82) is 0 Å². The molecule has 0 saturated carbocycles. The molecule has 0 radical (unpaired) electrons. The number of H-pyrrole nitrogens is 1. The molecule has 0 fully saturated rings. The van der Waals surface area contributed by atoms with Crippen LogP contribution in [0.1, 0.15) is 6.92 Å². The Bertz CT molecular complexity index is 762. The Morgan fingerprint density at radius 3 is 2.52 bits per heavy atom. The molecule has 0 unspecified atom stereocenters. The van der Waals surface area contributed by atoms with Gasteiger partial charge in [0.15, 0.2) is 0 Å². The van der Waals surface area contributed by atoms with Crippen LogP contribution < -0.4 is 5.32 Å². The minimum Gasteiger partial charge on any atom is -0.326 e. The van der Waals surface area contributed by atoms with Gasteiger partial charge < -0.3 is 5.32 Å². The van der Waals surface area contributed by atoms with E-state index in [1.165, 1.54) is 6.92 Å². The Balaban J connectivity index is 1.91. The second-order valence-corrected chi connectivity index (χ2v) is 4.79. The first-order chi connectivity index (χ1) is 10.2. The third-order valence-corrected chi connectivity index (χ3v) is 3.14. The average Bonchev–Trinajstić information content (AvgIpc) is 2.98. The second kappa shape index (κ2) is 5.63. The lowest BCUT2D eigenvalue weighted by Crippen LogP contribution is -2.05. The maximum absolute atomic E-state index is 11.1. The van der Waals surface area contributed by atoms with Gasteiger partial charge in [0, 0.05) is 18.2 Å². The summed E-state index contributed by atoms with van der Waals surface area (Å²) >= 11 is 0. The summed E-state index contributed by atoms with van der Waals surface area (Å²) < 4.78 is 0. The van der Waals surface area contributed by atoms with Crippen molar-refractivity contribution < 1.29 is 4.79 Å². The Morgan fingerprint density at radius 2 is 1.76 bits per heavy atom. The van der Waals surface area contributed by atoms with E-state index >= 15 is 0 Å². The monoisotopic (exact) mass is 277 g/mol. The van der Waals surface area contributed by atoms with Crippen molar-refractivity contribution in [3.63, 3.8) is 0 Å². The Morgan fingerprint density at radius 1 is 1.00 bits per heavy atom. The maximum Gasteiger partial charge on any atom is 0.221 e. The molecule has 104 valence electrons. The summed E-state index contributed by atoms with van der Waals surface area (Å²) in [5.41, 5.74) is 4.63. The molecule has 1 amide bonds. The number of hydrogen-bond donors (Lipinski definition) is 2. The van der Waals surface area contributed by atoms with Gasteiger partial charge in [0.05, 0.1) is 11.4 Å². The molecule has 3 aromatic rings. The van der Waals surface area contributed by atoms with E-state index in [1.54, 1.807) is 0 Å². The van der Waals surface area contributed by atoms with Crippen molar-refractivity contribution in [3.8, 4) is 22.5 Å². The van der Waals surface area contributed by atoms with Crippen molar-refractivity contribution >= 4 is 11.6 Å². The van der Waals surface area contributed by atoms with Crippen LogP contribution in [-0.2, 0) is 4.79 Å². The number of hydrogen-bond acceptors (Lipinski definition) is 2. The fourth-order valence-corrected chi connectivity index (χ4v) is 2.19. The summed E-state index contributed by atoms with van der Waals surface area (Å²) in [6.45, 7) is 1.49. The molecule has 0 aliphatic carbocycles. The molecule has 0 spiro atoms. The van der Waals surface area contributed by atoms with Gasteiger partial charge in [-0.15, -0.1) is 0 Å². The van der Waals surface area contributed by atoms with Crippen molar-refractivity contribution in [2.24, 2.45) is 0 Å². The first-order valence-corrected chi connectivity index (χ1v) is 6.71. The fraction of sp³-hybridized carbons (Fsp3) is 0.0588. The van der Waals surface area contributed by atoms with Gasteiger partial charge in [-0.05, 0) is 23.8 Å². The van der Waals surface area contributed by atoms with Crippen molar-refractivity contribution in [1.82, 2.24) is 10.2 Å². The number of carbonyl (C=O) groups excluding carboxylic acids is 1. The van der Waals surface area contributed by atoms with E-state index in [2.05, 4.69) is 15.5 Å². The highest BCUT2D eigenvalue weighted by molar-refractivity contribution is 5.89. The van der Waals surface area contributed by atoms with Gasteiger partial charge in [0.25, 0.3) is 0 Å². The molecule has 1 heterocycles. The number of aromatic amines is 1. The van der Waals surface area contributed by atoms with Crippen molar-refractivity contribution in [2.45, 2.75) is 6.92 Å². The number of anilines is 1. The number of nitrogens with zero attached hydrogens (tertiary/aromatic N) is 1. The van der Waals surface area contributed by atoms with Crippen molar-refractivity contribution in [2.75, 3.05) is 5.32 Å². The van der Waals surface area contributed by atoms with Gasteiger partial charge in [-0.3, -0.25) is 9.89 Å². The Labute approximate surface area is 122 Å². The molecule has 21 heavy (non-hydrogen) atoms. The molecular weight excluding hydrogens is 262 g/mol. The minimum atomic E-state index is -0.0841. The summed E-state index contributed by atoms with van der Waals surface area (Å²) in [4.78, 5) is 11.1. The zero-order valence-corrected chi connectivity index (χ0v) is 11.6. The van der Waals surface area contributed by atoms with Crippen LogP contribution in [0.4, 0.5) is 5.69 Å². The molecule has 0 aliphatic rings. The van der Waals surface area contributed by atoms with Crippen LogP contribution in [0.5, 0.6) is 0 Å². The normalized spacial score (nSPS) is 10.3. The number of carbonyl (C=O) groups is 1. The molecule has 3 rings (SSSR count). The van der Waals surface area contributed by atoms with E-state index in [0.717, 1.165) is 28.2 Å². The van der Waals surface area contributed by atoms with Crippen LogP contribution in [-0.4, -0.2) is 16.1 Å². The van der Waals surface area contributed by atoms with E-state index in [4.69, 9.17) is 0 Å². The smallest absolute Gasteiger partial charge is 0.221 e. The number of benzene rings is 2. The predicted octanol–water partition coefficient (Wildman–Crippen LogP) is 3.70. The predicted molar refractivity (Wildman–Crippen MR) is 83.8 cm³/mol. The summed E-state index contributed by atoms with van der Waals surface area (Å²) in [6.07, 6.45) is 0. The van der Waals surface area contributed by atoms with E-state index in [-0.39, 0.29) is 5.91 Å². The summed E-state index contributed by atoms with van der Waals surface area (Å²) in [7, 11) is 0. The third-order valence-electron chi connectivity index (χ3n) is 3.14. The molecule has 0 atom stereocenters. The largest absolute Gasteiger partial charge is 0.326 e. The lowest BCUT2D eigenvalue weighted by Gasteiger charge is -2.03. The topological polar surface area (TPSA) is 57.8 Å². The number of aromatic nitrogens is 2. The standard InChI is InChI=1S/C17H15N3O/c1-12(21)18-15-9-5-8-14(10-15)17-11-16(19-20-17)13-6-3-2-4-7-13/h2-11H,1H3,(H,18,21)(H,19,20). The highest BCUT2D eigenvalue weighted by atomic mass is 16.1. The van der Waals surface area contributed by atoms with E-state index in [1.807, 2.05) is 60.7 Å². The number of amides is 1.